The zero-order valence-corrected chi connectivity index (χ0v) is 30.9. The molecule has 0 aliphatic carbocycles. The summed E-state index contributed by atoms with van der Waals surface area (Å²) in [5.74, 6) is -7.12. The number of ether oxygens (including phenoxy) is 1. The zero-order chi connectivity index (χ0) is 40.7. The maximum atomic E-state index is 13.6. The van der Waals surface area contributed by atoms with Crippen LogP contribution in [0.5, 0.6) is 5.75 Å². The number of nitrogens with one attached hydrogen (secondary N) is 3. The molecule has 3 atom stereocenters. The third-order valence-corrected chi connectivity index (χ3v) is 8.50. The van der Waals surface area contributed by atoms with Gasteiger partial charge in [-0.2, -0.15) is 5.06 Å². The highest BCUT2D eigenvalue weighted by molar-refractivity contribution is 6.00. The van der Waals surface area contributed by atoms with Gasteiger partial charge >= 0.3 is 17.9 Å². The summed E-state index contributed by atoms with van der Waals surface area (Å²) in [5.41, 5.74) is 0.696. The molecule has 0 bridgehead atoms. The number of carbonyl (C=O) groups excluding carboxylic acids is 5. The first-order chi connectivity index (χ1) is 26.2. The molecule has 0 aliphatic rings. The Balaban J connectivity index is 1.70. The first kappa shape index (κ1) is 43.1. The molecule has 2 unspecified atom stereocenters. The number of benzene rings is 2. The Morgan fingerprint density at radius 3 is 2.27 bits per heavy atom. The Hall–Kier alpha value is -6.26. The first-order valence-corrected chi connectivity index (χ1v) is 17.6. The van der Waals surface area contributed by atoms with E-state index in [0.29, 0.717) is 30.4 Å². The second-order valence-corrected chi connectivity index (χ2v) is 12.4. The largest absolute Gasteiger partial charge is 0.493 e. The number of unbranched alkanes of at least 4 members (excludes halogenated alkanes) is 2. The van der Waals surface area contributed by atoms with Crippen molar-refractivity contribution in [1.82, 2.24) is 21.0 Å². The highest BCUT2D eigenvalue weighted by Crippen LogP contribution is 2.29. The summed E-state index contributed by atoms with van der Waals surface area (Å²) < 4.78 is 24.9. The van der Waals surface area contributed by atoms with Crippen LogP contribution in [0.15, 0.2) is 52.9 Å². The van der Waals surface area contributed by atoms with Crippen molar-refractivity contribution in [3.05, 3.63) is 76.8 Å². The number of carboxylic acids is 2. The normalized spacial score (nSPS) is 12.4. The maximum Gasteiger partial charge on any atom is 0.363 e. The molecule has 0 fully saturated rings. The molecule has 16 nitrogen and oxygen atoms in total. The minimum atomic E-state index is -1.68. The molecule has 0 saturated heterocycles. The number of hydrogen-bond donors (Lipinski definition) is 5. The van der Waals surface area contributed by atoms with Gasteiger partial charge in [-0.3, -0.25) is 24.0 Å². The Bertz CT molecular complexity index is 1860. The average Bonchev–Trinajstić information content (AvgIpc) is 3.64. The minimum Gasteiger partial charge on any atom is -0.493 e. The van der Waals surface area contributed by atoms with Crippen molar-refractivity contribution in [3.63, 3.8) is 0 Å². The summed E-state index contributed by atoms with van der Waals surface area (Å²) in [6, 6.07) is 8.09. The van der Waals surface area contributed by atoms with E-state index in [1.807, 2.05) is 6.92 Å². The van der Waals surface area contributed by atoms with E-state index in [1.165, 1.54) is 43.3 Å². The van der Waals surface area contributed by atoms with Crippen LogP contribution < -0.4 is 20.7 Å². The number of furan rings is 1. The van der Waals surface area contributed by atoms with E-state index in [2.05, 4.69) is 16.0 Å². The topological polar surface area (TPSA) is 231 Å². The summed E-state index contributed by atoms with van der Waals surface area (Å²) in [6.45, 7) is 6.71. The molecule has 0 spiro atoms. The number of aliphatic carboxylic acids is 2. The van der Waals surface area contributed by atoms with Crippen LogP contribution in [0.4, 0.5) is 4.39 Å². The number of amides is 4. The van der Waals surface area contributed by atoms with E-state index in [0.717, 1.165) is 30.0 Å². The Labute approximate surface area is 316 Å². The highest BCUT2D eigenvalue weighted by atomic mass is 19.1. The van der Waals surface area contributed by atoms with Gasteiger partial charge in [0.15, 0.2) is 5.76 Å². The Kier molecular flexibility index (Phi) is 16.3. The summed E-state index contributed by atoms with van der Waals surface area (Å²) in [6.07, 6.45) is 2.36. The molecule has 0 aliphatic heterocycles. The number of hydrogen-bond acceptors (Lipinski definition) is 10. The molecule has 17 heteroatoms. The van der Waals surface area contributed by atoms with Crippen molar-refractivity contribution >= 4 is 42.0 Å². The minimum absolute atomic E-state index is 0.0504. The number of rotatable bonds is 22. The van der Waals surface area contributed by atoms with Crippen molar-refractivity contribution in [2.24, 2.45) is 5.92 Å². The van der Waals surface area contributed by atoms with Gasteiger partial charge in [0.05, 0.1) is 42.8 Å². The van der Waals surface area contributed by atoms with Gasteiger partial charge in [0.2, 0.25) is 12.3 Å². The molecular weight excluding hydrogens is 723 g/mol. The van der Waals surface area contributed by atoms with Gasteiger partial charge in [0, 0.05) is 5.56 Å². The molecule has 296 valence electrons. The molecule has 3 aromatic rings. The van der Waals surface area contributed by atoms with Crippen LogP contribution in [0.25, 0.3) is 11.3 Å². The second kappa shape index (κ2) is 20.8. The molecule has 0 radical (unpaired) electrons. The van der Waals surface area contributed by atoms with Gasteiger partial charge in [-0.05, 0) is 74.7 Å². The Morgan fingerprint density at radius 1 is 0.927 bits per heavy atom. The number of carbonyl (C=O) groups is 7. The van der Waals surface area contributed by atoms with E-state index < -0.39 is 65.9 Å². The lowest BCUT2D eigenvalue weighted by atomic mass is 9.90. The molecule has 5 N–H and O–H groups in total. The van der Waals surface area contributed by atoms with Crippen molar-refractivity contribution in [3.8, 4) is 17.1 Å². The summed E-state index contributed by atoms with van der Waals surface area (Å²) in [7, 11) is 0. The van der Waals surface area contributed by atoms with Crippen LogP contribution in [0.2, 0.25) is 0 Å². The number of halogens is 1. The Morgan fingerprint density at radius 2 is 1.65 bits per heavy atom. The van der Waals surface area contributed by atoms with Crippen LogP contribution in [0.3, 0.4) is 0 Å². The number of hydroxylamine groups is 2. The summed E-state index contributed by atoms with van der Waals surface area (Å²) >= 11 is 0. The standard InChI is InChI=1S/C38H45FN4O12/c1-5-8-9-10-26(29(6-2)43(21-44)55-38(52)25-14-12-24(39)17-22(25)4)34(47)40-20-41-36(49)31-16-15-30(54-31)23-11-13-27(32(18-23)53-7-3)35(48)42-28(37(50)51)19-33(45)46/h11-18,21,26,28-29H,5-10,19-20H2,1-4H3,(H,40,47)(H,41,49)(H,42,48)(H,45,46)(H,50,51)/t26?,28?,29-/m1/s1. The first-order valence-electron chi connectivity index (χ1n) is 17.6. The van der Waals surface area contributed by atoms with Crippen molar-refractivity contribution < 1.29 is 62.2 Å². The number of aryl methyl sites for hydroxylation is 1. The van der Waals surface area contributed by atoms with E-state index in [9.17, 15) is 43.1 Å². The smallest absolute Gasteiger partial charge is 0.363 e. The van der Waals surface area contributed by atoms with E-state index >= 15 is 0 Å². The molecule has 1 heterocycles. The van der Waals surface area contributed by atoms with Crippen molar-refractivity contribution in [2.45, 2.75) is 78.3 Å². The molecule has 2 aromatic carbocycles. The van der Waals surface area contributed by atoms with Crippen molar-refractivity contribution in [1.29, 1.82) is 0 Å². The predicted octanol–water partition coefficient (Wildman–Crippen LogP) is 4.46. The van der Waals surface area contributed by atoms with Gasteiger partial charge in [-0.1, -0.05) is 39.2 Å². The third kappa shape index (κ3) is 12.1. The quantitative estimate of drug-likeness (QED) is 0.0413. The predicted molar refractivity (Wildman–Crippen MR) is 193 cm³/mol. The second-order valence-electron chi connectivity index (χ2n) is 12.4. The fraction of sp³-hybridized carbons (Fsp3) is 0.395. The number of nitrogens with zero attached hydrogens (tertiary/aromatic N) is 1. The summed E-state index contributed by atoms with van der Waals surface area (Å²) in [5, 5.41) is 26.4. The fourth-order valence-electron chi connectivity index (χ4n) is 5.72. The SMILES string of the molecule is CCCCCC(C(=O)NCNC(=O)c1ccc(-c2ccc(C(=O)NC(CC(=O)O)C(=O)O)c(OCC)c2)o1)[C@@H](CC)N(C=O)OC(=O)c1ccc(F)cc1C. The lowest BCUT2D eigenvalue weighted by molar-refractivity contribution is -0.171. The van der Waals surface area contributed by atoms with Crippen LogP contribution >= 0.6 is 0 Å². The lowest BCUT2D eigenvalue weighted by Gasteiger charge is -2.32. The third-order valence-electron chi connectivity index (χ3n) is 8.50. The fourth-order valence-corrected chi connectivity index (χ4v) is 5.72. The molecular formula is C38H45FN4O12. The molecule has 0 saturated carbocycles. The number of carboxylic acid groups (broad SMARTS) is 2. The van der Waals surface area contributed by atoms with E-state index in [1.54, 1.807) is 13.8 Å². The van der Waals surface area contributed by atoms with Crippen LogP contribution in [0, 0.1) is 18.7 Å². The van der Waals surface area contributed by atoms with Gasteiger partial charge in [-0.15, -0.1) is 0 Å². The van der Waals surface area contributed by atoms with Crippen LogP contribution in [-0.2, 0) is 24.0 Å². The van der Waals surface area contributed by atoms with Crippen molar-refractivity contribution in [2.75, 3.05) is 13.3 Å². The van der Waals surface area contributed by atoms with Gasteiger partial charge < -0.3 is 40.2 Å². The molecule has 3 rings (SSSR count). The molecule has 1 aromatic heterocycles. The molecule has 55 heavy (non-hydrogen) atoms. The van der Waals surface area contributed by atoms with Gasteiger partial charge in [0.25, 0.3) is 11.8 Å². The van der Waals surface area contributed by atoms with Gasteiger partial charge in [0.1, 0.15) is 23.4 Å². The van der Waals surface area contributed by atoms with Crippen LogP contribution in [0.1, 0.15) is 96.1 Å². The highest BCUT2D eigenvalue weighted by Gasteiger charge is 2.34. The van der Waals surface area contributed by atoms with E-state index in [4.69, 9.17) is 19.1 Å². The average molecular weight is 769 g/mol. The van der Waals surface area contributed by atoms with Gasteiger partial charge in [-0.25, -0.2) is 14.0 Å². The zero-order valence-electron chi connectivity index (χ0n) is 30.9. The summed E-state index contributed by atoms with van der Waals surface area (Å²) in [4.78, 5) is 92.3. The monoisotopic (exact) mass is 768 g/mol. The van der Waals surface area contributed by atoms with Crippen LogP contribution in [-0.4, -0.2) is 82.7 Å². The lowest BCUT2D eigenvalue weighted by Crippen LogP contribution is -2.49. The van der Waals surface area contributed by atoms with E-state index in [-0.39, 0.29) is 48.1 Å². The maximum absolute atomic E-state index is 13.6. The molecule has 4 amide bonds.